The maximum atomic E-state index is 13.4. The van der Waals surface area contributed by atoms with Crippen molar-refractivity contribution in [3.05, 3.63) is 35.9 Å². The van der Waals surface area contributed by atoms with E-state index in [9.17, 15) is 8.78 Å². The van der Waals surface area contributed by atoms with Crippen LogP contribution in [-0.2, 0) is 0 Å². The summed E-state index contributed by atoms with van der Waals surface area (Å²) in [4.78, 5) is 4.42. The standard InChI is InChI=1S/C14H10F2N4O/c15-8-5-7-11(6-9(8)16)19-20-13(7)10-1-2-12-14(18-10)17-3-4-21-12/h1-2,5-6H,3-4H2,(H,17,18)(H,19,20). The minimum atomic E-state index is -0.912. The SMILES string of the molecule is Fc1cc2[nH]nc(-c3ccc4c(n3)NCCO4)c2cc1F. The molecular formula is C14H10F2N4O. The zero-order valence-corrected chi connectivity index (χ0v) is 10.8. The summed E-state index contributed by atoms with van der Waals surface area (Å²) in [6.07, 6.45) is 0. The second kappa shape index (κ2) is 4.41. The Balaban J connectivity index is 1.88. The molecule has 0 saturated carbocycles. The van der Waals surface area contributed by atoms with Gasteiger partial charge >= 0.3 is 0 Å². The Morgan fingerprint density at radius 1 is 1.14 bits per heavy atom. The summed E-state index contributed by atoms with van der Waals surface area (Å²) in [5, 5.41) is 10.4. The molecule has 3 aromatic rings. The highest BCUT2D eigenvalue weighted by Crippen LogP contribution is 2.31. The number of rotatable bonds is 1. The van der Waals surface area contributed by atoms with Gasteiger partial charge in [-0.05, 0) is 18.2 Å². The number of anilines is 1. The van der Waals surface area contributed by atoms with Crippen LogP contribution in [0.5, 0.6) is 5.75 Å². The Morgan fingerprint density at radius 2 is 2.00 bits per heavy atom. The van der Waals surface area contributed by atoms with Crippen LogP contribution in [0.2, 0.25) is 0 Å². The van der Waals surface area contributed by atoms with E-state index in [1.165, 1.54) is 0 Å². The largest absolute Gasteiger partial charge is 0.488 e. The summed E-state index contributed by atoms with van der Waals surface area (Å²) >= 11 is 0. The minimum absolute atomic E-state index is 0.424. The van der Waals surface area contributed by atoms with Gasteiger partial charge in [-0.3, -0.25) is 5.10 Å². The molecule has 2 aromatic heterocycles. The van der Waals surface area contributed by atoms with Crippen LogP contribution in [0.25, 0.3) is 22.3 Å². The lowest BCUT2D eigenvalue weighted by Crippen LogP contribution is -2.19. The van der Waals surface area contributed by atoms with Crippen LogP contribution in [0.3, 0.4) is 0 Å². The van der Waals surface area contributed by atoms with Gasteiger partial charge in [-0.25, -0.2) is 13.8 Å². The molecule has 1 aliphatic rings. The second-order valence-corrected chi connectivity index (χ2v) is 4.70. The molecule has 0 aliphatic carbocycles. The second-order valence-electron chi connectivity index (χ2n) is 4.70. The predicted molar refractivity (Wildman–Crippen MR) is 73.2 cm³/mol. The van der Waals surface area contributed by atoms with Gasteiger partial charge in [0.2, 0.25) is 0 Å². The molecule has 106 valence electrons. The fraction of sp³-hybridized carbons (Fsp3) is 0.143. The Morgan fingerprint density at radius 3 is 2.90 bits per heavy atom. The van der Waals surface area contributed by atoms with Crippen molar-refractivity contribution in [2.45, 2.75) is 0 Å². The summed E-state index contributed by atoms with van der Waals surface area (Å²) in [5.74, 6) is -0.532. The van der Waals surface area contributed by atoms with Crippen molar-refractivity contribution < 1.29 is 13.5 Å². The van der Waals surface area contributed by atoms with Crippen LogP contribution >= 0.6 is 0 Å². The first kappa shape index (κ1) is 12.1. The number of nitrogens with zero attached hydrogens (tertiary/aromatic N) is 2. The van der Waals surface area contributed by atoms with Gasteiger partial charge in [0.1, 0.15) is 12.3 Å². The first-order valence-corrected chi connectivity index (χ1v) is 6.43. The molecule has 2 N–H and O–H groups in total. The molecule has 0 bridgehead atoms. The fourth-order valence-electron chi connectivity index (χ4n) is 2.36. The van der Waals surface area contributed by atoms with Crippen LogP contribution in [-0.4, -0.2) is 28.3 Å². The zero-order chi connectivity index (χ0) is 14.4. The molecule has 0 saturated heterocycles. The number of nitrogens with one attached hydrogen (secondary N) is 2. The van der Waals surface area contributed by atoms with Crippen molar-refractivity contribution in [2.75, 3.05) is 18.5 Å². The maximum Gasteiger partial charge on any atom is 0.169 e. The smallest absolute Gasteiger partial charge is 0.169 e. The molecule has 21 heavy (non-hydrogen) atoms. The molecule has 0 fully saturated rings. The normalized spacial score (nSPS) is 13.6. The van der Waals surface area contributed by atoms with Gasteiger partial charge in [-0.2, -0.15) is 5.10 Å². The van der Waals surface area contributed by atoms with E-state index in [1.54, 1.807) is 12.1 Å². The molecule has 0 unspecified atom stereocenters. The van der Waals surface area contributed by atoms with Crippen LogP contribution in [0.1, 0.15) is 0 Å². The average molecular weight is 288 g/mol. The first-order chi connectivity index (χ1) is 10.2. The van der Waals surface area contributed by atoms with Crippen LogP contribution in [0.4, 0.5) is 14.6 Å². The number of aromatic nitrogens is 3. The number of fused-ring (bicyclic) bond motifs is 2. The highest BCUT2D eigenvalue weighted by Gasteiger charge is 2.16. The van der Waals surface area contributed by atoms with Gasteiger partial charge in [0.05, 0.1) is 17.8 Å². The summed E-state index contributed by atoms with van der Waals surface area (Å²) in [6, 6.07) is 5.72. The number of benzene rings is 1. The van der Waals surface area contributed by atoms with Crippen LogP contribution in [0, 0.1) is 11.6 Å². The average Bonchev–Trinajstić information content (AvgIpc) is 2.90. The molecule has 0 atom stereocenters. The lowest BCUT2D eigenvalue weighted by Gasteiger charge is -2.18. The van der Waals surface area contributed by atoms with Crippen molar-refractivity contribution in [3.63, 3.8) is 0 Å². The fourth-order valence-corrected chi connectivity index (χ4v) is 2.36. The number of hydrogen-bond acceptors (Lipinski definition) is 4. The van der Waals surface area contributed by atoms with E-state index in [-0.39, 0.29) is 0 Å². The number of ether oxygens (including phenoxy) is 1. The van der Waals surface area contributed by atoms with Crippen LogP contribution in [0.15, 0.2) is 24.3 Å². The molecular weight excluding hydrogens is 278 g/mol. The molecule has 5 nitrogen and oxygen atoms in total. The molecule has 4 rings (SSSR count). The molecule has 0 radical (unpaired) electrons. The summed E-state index contributed by atoms with van der Waals surface area (Å²) < 4.78 is 32.1. The number of hydrogen-bond donors (Lipinski definition) is 2. The first-order valence-electron chi connectivity index (χ1n) is 6.43. The van der Waals surface area contributed by atoms with E-state index in [1.807, 2.05) is 0 Å². The Hall–Kier alpha value is -2.70. The summed E-state index contributed by atoms with van der Waals surface area (Å²) in [7, 11) is 0. The van der Waals surface area contributed by atoms with Gasteiger partial charge in [-0.15, -0.1) is 0 Å². The monoisotopic (exact) mass is 288 g/mol. The van der Waals surface area contributed by atoms with E-state index < -0.39 is 11.6 Å². The number of halogens is 2. The minimum Gasteiger partial charge on any atom is -0.488 e. The topological polar surface area (TPSA) is 62.8 Å². The highest BCUT2D eigenvalue weighted by molar-refractivity contribution is 5.92. The van der Waals surface area contributed by atoms with E-state index in [0.717, 1.165) is 12.1 Å². The Bertz CT molecular complexity index is 846. The van der Waals surface area contributed by atoms with Gasteiger partial charge in [0.15, 0.2) is 23.2 Å². The van der Waals surface area contributed by atoms with E-state index in [2.05, 4.69) is 20.5 Å². The van der Waals surface area contributed by atoms with Crippen molar-refractivity contribution in [3.8, 4) is 17.1 Å². The van der Waals surface area contributed by atoms with Crippen molar-refractivity contribution in [1.82, 2.24) is 15.2 Å². The maximum absolute atomic E-state index is 13.4. The molecule has 1 aromatic carbocycles. The van der Waals surface area contributed by atoms with Crippen molar-refractivity contribution >= 4 is 16.7 Å². The third-order valence-electron chi connectivity index (χ3n) is 3.36. The Kier molecular flexibility index (Phi) is 2.53. The number of H-pyrrole nitrogens is 1. The van der Waals surface area contributed by atoms with Gasteiger partial charge in [0, 0.05) is 11.5 Å². The van der Waals surface area contributed by atoms with Crippen molar-refractivity contribution in [1.29, 1.82) is 0 Å². The van der Waals surface area contributed by atoms with Crippen LogP contribution < -0.4 is 10.1 Å². The number of aromatic amines is 1. The molecule has 7 heteroatoms. The van der Waals surface area contributed by atoms with Gasteiger partial charge in [-0.1, -0.05) is 0 Å². The van der Waals surface area contributed by atoms with Gasteiger partial charge in [0.25, 0.3) is 0 Å². The molecule has 0 spiro atoms. The summed E-state index contributed by atoms with van der Waals surface area (Å²) in [5.41, 5.74) is 1.45. The highest BCUT2D eigenvalue weighted by atomic mass is 19.2. The Labute approximate surface area is 118 Å². The summed E-state index contributed by atoms with van der Waals surface area (Å²) in [6.45, 7) is 1.26. The van der Waals surface area contributed by atoms with E-state index >= 15 is 0 Å². The third kappa shape index (κ3) is 1.89. The van der Waals surface area contributed by atoms with E-state index in [4.69, 9.17) is 4.74 Å². The lowest BCUT2D eigenvalue weighted by molar-refractivity contribution is 0.321. The lowest BCUT2D eigenvalue weighted by atomic mass is 10.1. The third-order valence-corrected chi connectivity index (χ3v) is 3.36. The number of pyridine rings is 1. The van der Waals surface area contributed by atoms with E-state index in [0.29, 0.717) is 47.0 Å². The van der Waals surface area contributed by atoms with Crippen molar-refractivity contribution in [2.24, 2.45) is 0 Å². The molecule has 1 aliphatic heterocycles. The molecule has 3 heterocycles. The molecule has 0 amide bonds. The van der Waals surface area contributed by atoms with Gasteiger partial charge < -0.3 is 10.1 Å². The quantitative estimate of drug-likeness (QED) is 0.722. The zero-order valence-electron chi connectivity index (χ0n) is 10.8. The predicted octanol–water partition coefficient (Wildman–Crippen LogP) is 2.71.